The van der Waals surface area contributed by atoms with Gasteiger partial charge in [0, 0.05) is 23.7 Å². The predicted molar refractivity (Wildman–Crippen MR) is 99.8 cm³/mol. The average Bonchev–Trinajstić information content (AvgIpc) is 3.20. The second kappa shape index (κ2) is 5.54. The number of fused-ring (bicyclic) bond motifs is 5. The number of hydrogen-bond donors (Lipinski definition) is 1. The monoisotopic (exact) mass is 352 g/mol. The molecule has 4 aliphatic rings. The molecule has 5 rings (SSSR count). The van der Waals surface area contributed by atoms with Crippen LogP contribution in [0.3, 0.4) is 0 Å². The van der Waals surface area contributed by atoms with Gasteiger partial charge in [-0.3, -0.25) is 4.79 Å². The molecule has 0 radical (unpaired) electrons. The Balaban J connectivity index is 1.48. The molecule has 1 aliphatic heterocycles. The fraction of sp³-hybridized carbons (Fsp3) is 0.667. The highest BCUT2D eigenvalue weighted by atomic mass is 16.1. The summed E-state index contributed by atoms with van der Waals surface area (Å²) in [6.07, 6.45) is 14.8. The molecule has 5 unspecified atom stereocenters. The molecule has 0 spiro atoms. The topological polar surface area (TPSA) is 59.8 Å². The molecule has 2 fully saturated rings. The highest BCUT2D eigenvalue weighted by Crippen LogP contribution is 2.65. The van der Waals surface area contributed by atoms with E-state index in [1.165, 1.54) is 30.5 Å². The standard InChI is InChI=1S/C21H28N4O/c1-20-9-10-23-19(26)11-14(20)3-4-15-16-5-6-18(25-13-22-12-24-25)21(16,2)8-7-17(15)20/h6,11-13,15-17H,3-5,7-10H2,1-2H3,(H,23,26). The van der Waals surface area contributed by atoms with Crippen LogP contribution in [0, 0.1) is 28.6 Å². The van der Waals surface area contributed by atoms with Gasteiger partial charge in [-0.25, -0.2) is 9.67 Å². The molecule has 1 N–H and O–H groups in total. The minimum absolute atomic E-state index is 0.110. The maximum absolute atomic E-state index is 12.0. The molecule has 5 atom stereocenters. The first-order chi connectivity index (χ1) is 12.5. The summed E-state index contributed by atoms with van der Waals surface area (Å²) in [6, 6.07) is 0. The maximum atomic E-state index is 12.0. The number of hydrogen-bond acceptors (Lipinski definition) is 3. The Hall–Kier alpha value is -1.91. The number of rotatable bonds is 1. The SMILES string of the molecule is CC12CCNC(=O)C=C1CCC1C2CCC2(C)C(n3cncn3)=CCC12. The molecule has 3 aliphatic carbocycles. The van der Waals surface area contributed by atoms with Gasteiger partial charge in [-0.15, -0.1) is 0 Å². The number of nitrogens with zero attached hydrogens (tertiary/aromatic N) is 3. The van der Waals surface area contributed by atoms with E-state index in [0.717, 1.165) is 31.7 Å². The summed E-state index contributed by atoms with van der Waals surface area (Å²) in [6.45, 7) is 5.68. The van der Waals surface area contributed by atoms with E-state index in [1.807, 2.05) is 17.1 Å². The number of carbonyl (C=O) groups is 1. The van der Waals surface area contributed by atoms with Gasteiger partial charge in [0.15, 0.2) is 0 Å². The highest BCUT2D eigenvalue weighted by Gasteiger charge is 2.57. The second-order valence-corrected chi connectivity index (χ2v) is 9.16. The number of amides is 1. The van der Waals surface area contributed by atoms with Crippen molar-refractivity contribution in [1.82, 2.24) is 20.1 Å². The predicted octanol–water partition coefficient (Wildman–Crippen LogP) is 3.42. The molecule has 26 heavy (non-hydrogen) atoms. The molecule has 1 aromatic heterocycles. The van der Waals surface area contributed by atoms with E-state index in [0.29, 0.717) is 11.8 Å². The van der Waals surface area contributed by atoms with Gasteiger partial charge in [0.2, 0.25) is 5.91 Å². The maximum Gasteiger partial charge on any atom is 0.243 e. The van der Waals surface area contributed by atoms with E-state index in [9.17, 15) is 4.79 Å². The number of nitrogens with one attached hydrogen (secondary N) is 1. The molecule has 1 aromatic rings. The van der Waals surface area contributed by atoms with Crippen LogP contribution in [0.4, 0.5) is 0 Å². The Morgan fingerprint density at radius 1 is 1.19 bits per heavy atom. The number of carbonyl (C=O) groups excluding carboxylic acids is 1. The van der Waals surface area contributed by atoms with E-state index in [2.05, 4.69) is 35.3 Å². The highest BCUT2D eigenvalue weighted by molar-refractivity contribution is 5.88. The van der Waals surface area contributed by atoms with Crippen LogP contribution in [-0.2, 0) is 4.79 Å². The van der Waals surface area contributed by atoms with Gasteiger partial charge in [0.05, 0.1) is 0 Å². The Labute approximate surface area is 155 Å². The van der Waals surface area contributed by atoms with Crippen molar-refractivity contribution in [2.24, 2.45) is 28.6 Å². The zero-order valence-corrected chi connectivity index (χ0v) is 15.7. The van der Waals surface area contributed by atoms with Gasteiger partial charge < -0.3 is 5.32 Å². The normalized spacial score (nSPS) is 41.9. The molecule has 0 bridgehead atoms. The third-order valence-corrected chi connectivity index (χ3v) is 8.19. The van der Waals surface area contributed by atoms with Crippen LogP contribution in [0.25, 0.3) is 5.70 Å². The van der Waals surface area contributed by atoms with Crippen LogP contribution < -0.4 is 5.32 Å². The Morgan fingerprint density at radius 2 is 2.08 bits per heavy atom. The van der Waals surface area contributed by atoms with Crippen molar-refractivity contribution in [3.05, 3.63) is 30.4 Å². The van der Waals surface area contributed by atoms with E-state index in [-0.39, 0.29) is 16.7 Å². The van der Waals surface area contributed by atoms with Crippen LogP contribution >= 0.6 is 0 Å². The van der Waals surface area contributed by atoms with E-state index in [1.54, 1.807) is 6.33 Å². The summed E-state index contributed by atoms with van der Waals surface area (Å²) >= 11 is 0. The van der Waals surface area contributed by atoms with Gasteiger partial charge in [-0.05, 0) is 61.7 Å². The van der Waals surface area contributed by atoms with Crippen LogP contribution in [-0.4, -0.2) is 27.2 Å². The van der Waals surface area contributed by atoms with Crippen LogP contribution in [0.15, 0.2) is 30.4 Å². The Morgan fingerprint density at radius 3 is 2.88 bits per heavy atom. The van der Waals surface area contributed by atoms with Crippen molar-refractivity contribution in [1.29, 1.82) is 0 Å². The lowest BCUT2D eigenvalue weighted by Crippen LogP contribution is -2.49. The molecule has 0 saturated heterocycles. The van der Waals surface area contributed by atoms with Gasteiger partial charge >= 0.3 is 0 Å². The van der Waals surface area contributed by atoms with Crippen molar-refractivity contribution in [2.75, 3.05) is 6.54 Å². The summed E-state index contributed by atoms with van der Waals surface area (Å²) in [5.74, 6) is 2.22. The fourth-order valence-electron chi connectivity index (χ4n) is 6.80. The van der Waals surface area contributed by atoms with Gasteiger partial charge in [0.1, 0.15) is 12.7 Å². The summed E-state index contributed by atoms with van der Waals surface area (Å²) in [7, 11) is 0. The van der Waals surface area contributed by atoms with Crippen LogP contribution in [0.5, 0.6) is 0 Å². The van der Waals surface area contributed by atoms with Gasteiger partial charge in [0.25, 0.3) is 0 Å². The zero-order valence-electron chi connectivity index (χ0n) is 15.7. The summed E-state index contributed by atoms with van der Waals surface area (Å²) in [5, 5.41) is 7.48. The Kier molecular flexibility index (Phi) is 3.47. The van der Waals surface area contributed by atoms with Crippen LogP contribution in [0.2, 0.25) is 0 Å². The largest absolute Gasteiger partial charge is 0.353 e. The third kappa shape index (κ3) is 2.12. The van der Waals surface area contributed by atoms with Crippen molar-refractivity contribution < 1.29 is 4.79 Å². The lowest BCUT2D eigenvalue weighted by molar-refractivity contribution is -0.116. The smallest absolute Gasteiger partial charge is 0.243 e. The van der Waals surface area contributed by atoms with Crippen LogP contribution in [0.1, 0.15) is 52.4 Å². The molecule has 5 heteroatoms. The molecule has 2 saturated carbocycles. The van der Waals surface area contributed by atoms with Crippen molar-refractivity contribution >= 4 is 11.6 Å². The van der Waals surface area contributed by atoms with Crippen molar-refractivity contribution in [2.45, 2.75) is 52.4 Å². The first-order valence-electron chi connectivity index (χ1n) is 10.1. The van der Waals surface area contributed by atoms with Gasteiger partial charge in [-0.1, -0.05) is 25.5 Å². The number of aromatic nitrogens is 3. The molecule has 5 nitrogen and oxygen atoms in total. The Bertz CT molecular complexity index is 795. The summed E-state index contributed by atoms with van der Waals surface area (Å²) in [4.78, 5) is 16.2. The molecule has 1 amide bonds. The zero-order chi connectivity index (χ0) is 17.9. The quantitative estimate of drug-likeness (QED) is 0.842. The lowest BCUT2D eigenvalue weighted by Gasteiger charge is -2.56. The first kappa shape index (κ1) is 16.3. The van der Waals surface area contributed by atoms with Crippen molar-refractivity contribution in [3.8, 4) is 0 Å². The number of allylic oxidation sites excluding steroid dienone is 3. The third-order valence-electron chi connectivity index (χ3n) is 8.19. The summed E-state index contributed by atoms with van der Waals surface area (Å²) in [5.41, 5.74) is 3.13. The molecular formula is C21H28N4O. The molecule has 0 aromatic carbocycles. The summed E-state index contributed by atoms with van der Waals surface area (Å²) < 4.78 is 1.99. The molecule has 138 valence electrons. The minimum atomic E-state index is 0.110. The van der Waals surface area contributed by atoms with E-state index < -0.39 is 0 Å². The lowest BCUT2D eigenvalue weighted by atomic mass is 9.48. The minimum Gasteiger partial charge on any atom is -0.353 e. The van der Waals surface area contributed by atoms with Gasteiger partial charge in [-0.2, -0.15) is 5.10 Å². The van der Waals surface area contributed by atoms with Crippen molar-refractivity contribution in [3.63, 3.8) is 0 Å². The molecule has 2 heterocycles. The second-order valence-electron chi connectivity index (χ2n) is 9.16. The fourth-order valence-corrected chi connectivity index (χ4v) is 6.80. The average molecular weight is 352 g/mol. The first-order valence-corrected chi connectivity index (χ1v) is 10.1. The van der Waals surface area contributed by atoms with E-state index in [4.69, 9.17) is 0 Å². The van der Waals surface area contributed by atoms with E-state index >= 15 is 0 Å². The molecular weight excluding hydrogens is 324 g/mol.